The van der Waals surface area contributed by atoms with E-state index in [1.54, 1.807) is 12.1 Å². The molecule has 0 spiro atoms. The summed E-state index contributed by atoms with van der Waals surface area (Å²) in [5.74, 6) is -0.113. The van der Waals surface area contributed by atoms with Gasteiger partial charge in [0.1, 0.15) is 0 Å². The van der Waals surface area contributed by atoms with Gasteiger partial charge >= 0.3 is 0 Å². The highest BCUT2D eigenvalue weighted by molar-refractivity contribution is 7.91. The SMILES string of the molecule is CC(C)(C)[Si](OCCCS(=O)(=O)c1nnnn1-c1ccccc1)(c1ccccc1)c1ccccc1. The van der Waals surface area contributed by atoms with Gasteiger partial charge in [-0.05, 0) is 44.4 Å². The Hall–Kier alpha value is -3.14. The van der Waals surface area contributed by atoms with Gasteiger partial charge in [-0.3, -0.25) is 0 Å². The summed E-state index contributed by atoms with van der Waals surface area (Å²) in [5, 5.41) is 13.3. The Morgan fingerprint density at radius 2 is 1.34 bits per heavy atom. The Morgan fingerprint density at radius 3 is 1.86 bits per heavy atom. The average Bonchev–Trinajstić information content (AvgIpc) is 3.36. The molecule has 0 saturated carbocycles. The standard InChI is InChI=1S/C26H30N4O3SSi/c1-26(2,3)35(23-16-9-5-10-17-23,24-18-11-6-12-19-24)33-20-13-21-34(31,32)25-27-28-29-30(25)22-14-7-4-8-15-22/h4-12,14-19H,13,20-21H2,1-3H3. The minimum Gasteiger partial charge on any atom is -0.407 e. The molecular weight excluding hydrogens is 476 g/mol. The molecule has 0 aliphatic heterocycles. The molecule has 0 saturated heterocycles. The van der Waals surface area contributed by atoms with Crippen molar-refractivity contribution in [3.8, 4) is 5.69 Å². The fourth-order valence-corrected chi connectivity index (χ4v) is 10.3. The van der Waals surface area contributed by atoms with Crippen LogP contribution in [0.15, 0.2) is 96.2 Å². The van der Waals surface area contributed by atoms with Gasteiger partial charge in [-0.1, -0.05) is 105 Å². The van der Waals surface area contributed by atoms with Gasteiger partial charge in [-0.25, -0.2) is 8.42 Å². The summed E-state index contributed by atoms with van der Waals surface area (Å²) in [7, 11) is -6.43. The number of tetrazole rings is 1. The van der Waals surface area contributed by atoms with E-state index >= 15 is 0 Å². The van der Waals surface area contributed by atoms with E-state index in [9.17, 15) is 8.42 Å². The zero-order chi connectivity index (χ0) is 24.9. The predicted octanol–water partition coefficient (Wildman–Crippen LogP) is 3.40. The second-order valence-corrected chi connectivity index (χ2v) is 15.7. The average molecular weight is 507 g/mol. The largest absolute Gasteiger partial charge is 0.407 e. The first-order valence-corrected chi connectivity index (χ1v) is 15.1. The lowest BCUT2D eigenvalue weighted by Crippen LogP contribution is -2.66. The molecule has 4 rings (SSSR count). The molecule has 0 aliphatic carbocycles. The molecule has 0 amide bonds. The molecule has 0 bridgehead atoms. The van der Waals surface area contributed by atoms with Crippen molar-refractivity contribution in [2.75, 3.05) is 12.4 Å². The maximum Gasteiger partial charge on any atom is 0.272 e. The zero-order valence-corrected chi connectivity index (χ0v) is 22.0. The van der Waals surface area contributed by atoms with Crippen LogP contribution in [0.4, 0.5) is 0 Å². The van der Waals surface area contributed by atoms with Crippen molar-refractivity contribution in [2.24, 2.45) is 0 Å². The van der Waals surface area contributed by atoms with Gasteiger partial charge in [0.15, 0.2) is 0 Å². The Balaban J connectivity index is 1.57. The van der Waals surface area contributed by atoms with E-state index in [-0.39, 0.29) is 15.9 Å². The van der Waals surface area contributed by atoms with Gasteiger partial charge in [0.25, 0.3) is 13.5 Å². The first kappa shape index (κ1) is 25.0. The van der Waals surface area contributed by atoms with Gasteiger partial charge in [-0.15, -0.1) is 0 Å². The number of hydrogen-bond acceptors (Lipinski definition) is 6. The molecular formula is C26H30N4O3SSi. The Morgan fingerprint density at radius 1 is 0.829 bits per heavy atom. The second kappa shape index (κ2) is 10.2. The smallest absolute Gasteiger partial charge is 0.272 e. The molecule has 182 valence electrons. The summed E-state index contributed by atoms with van der Waals surface area (Å²) in [5.41, 5.74) is 0.597. The van der Waals surface area contributed by atoms with Gasteiger partial charge < -0.3 is 4.43 Å². The van der Waals surface area contributed by atoms with E-state index in [4.69, 9.17) is 4.43 Å². The third kappa shape index (κ3) is 5.12. The number of sulfone groups is 1. The molecule has 0 N–H and O–H groups in total. The highest BCUT2D eigenvalue weighted by Gasteiger charge is 2.50. The number of aromatic nitrogens is 4. The van der Waals surface area contributed by atoms with E-state index in [2.05, 4.69) is 60.6 Å². The lowest BCUT2D eigenvalue weighted by atomic mass is 10.2. The third-order valence-electron chi connectivity index (χ3n) is 6.01. The van der Waals surface area contributed by atoms with E-state index in [1.807, 2.05) is 54.6 Å². The summed E-state index contributed by atoms with van der Waals surface area (Å²) >= 11 is 0. The van der Waals surface area contributed by atoms with Crippen molar-refractivity contribution in [2.45, 2.75) is 37.4 Å². The summed E-state index contributed by atoms with van der Waals surface area (Å²) < 4.78 is 34.4. The minimum absolute atomic E-state index is 0.113. The topological polar surface area (TPSA) is 87.0 Å². The number of benzene rings is 3. The highest BCUT2D eigenvalue weighted by atomic mass is 32.2. The lowest BCUT2D eigenvalue weighted by molar-refractivity contribution is 0.298. The second-order valence-electron chi connectivity index (χ2n) is 9.39. The minimum atomic E-state index is -3.72. The van der Waals surface area contributed by atoms with Crippen molar-refractivity contribution in [3.63, 3.8) is 0 Å². The number of rotatable bonds is 9. The summed E-state index contributed by atoms with van der Waals surface area (Å²) in [6, 6.07) is 29.6. The van der Waals surface area contributed by atoms with Crippen LogP contribution in [-0.4, -0.2) is 49.3 Å². The molecule has 1 aromatic heterocycles. The van der Waals surface area contributed by atoms with Crippen molar-refractivity contribution in [1.29, 1.82) is 0 Å². The number of nitrogens with zero attached hydrogens (tertiary/aromatic N) is 4. The molecule has 0 unspecified atom stereocenters. The molecule has 0 fully saturated rings. The molecule has 1 heterocycles. The van der Waals surface area contributed by atoms with Crippen LogP contribution in [0.5, 0.6) is 0 Å². The predicted molar refractivity (Wildman–Crippen MR) is 139 cm³/mol. The molecule has 7 nitrogen and oxygen atoms in total. The molecule has 3 aromatic carbocycles. The van der Waals surface area contributed by atoms with Gasteiger partial charge in [-0.2, -0.15) is 4.68 Å². The monoisotopic (exact) mass is 506 g/mol. The van der Waals surface area contributed by atoms with E-state index in [0.717, 1.165) is 10.4 Å². The number of hydrogen-bond donors (Lipinski definition) is 0. The Labute approximate surface area is 207 Å². The van der Waals surface area contributed by atoms with Crippen molar-refractivity contribution in [3.05, 3.63) is 91.0 Å². The zero-order valence-electron chi connectivity index (χ0n) is 20.2. The van der Waals surface area contributed by atoms with Crippen molar-refractivity contribution in [1.82, 2.24) is 20.2 Å². The van der Waals surface area contributed by atoms with Gasteiger partial charge in [0.2, 0.25) is 9.84 Å². The van der Waals surface area contributed by atoms with E-state index in [0.29, 0.717) is 18.7 Å². The maximum atomic E-state index is 13.1. The molecule has 35 heavy (non-hydrogen) atoms. The lowest BCUT2D eigenvalue weighted by Gasteiger charge is -2.43. The quantitative estimate of drug-likeness (QED) is 0.255. The first-order valence-electron chi connectivity index (χ1n) is 11.6. The van der Waals surface area contributed by atoms with Crippen LogP contribution in [-0.2, 0) is 14.3 Å². The fourth-order valence-electron chi connectivity index (χ4n) is 4.43. The maximum absolute atomic E-state index is 13.1. The summed E-state index contributed by atoms with van der Waals surface area (Å²) in [4.78, 5) is 0. The summed E-state index contributed by atoms with van der Waals surface area (Å²) in [6.07, 6.45) is 0.328. The van der Waals surface area contributed by atoms with Crippen LogP contribution in [0, 0.1) is 0 Å². The molecule has 4 aromatic rings. The number of para-hydroxylation sites is 1. The van der Waals surface area contributed by atoms with Crippen LogP contribution in [0.3, 0.4) is 0 Å². The van der Waals surface area contributed by atoms with Crippen LogP contribution in [0.25, 0.3) is 5.69 Å². The molecule has 0 aliphatic rings. The first-order chi connectivity index (χ1) is 16.8. The van der Waals surface area contributed by atoms with Crippen molar-refractivity contribution < 1.29 is 12.8 Å². The summed E-state index contributed by atoms with van der Waals surface area (Å²) in [6.45, 7) is 6.90. The highest BCUT2D eigenvalue weighted by Crippen LogP contribution is 2.36. The molecule has 0 radical (unpaired) electrons. The van der Waals surface area contributed by atoms with Crippen LogP contribution in [0.2, 0.25) is 5.04 Å². The van der Waals surface area contributed by atoms with Gasteiger partial charge in [0.05, 0.1) is 11.4 Å². The Kier molecular flexibility index (Phi) is 7.30. The van der Waals surface area contributed by atoms with Crippen LogP contribution >= 0.6 is 0 Å². The fraction of sp³-hybridized carbons (Fsp3) is 0.269. The van der Waals surface area contributed by atoms with Crippen LogP contribution < -0.4 is 10.4 Å². The third-order valence-corrected chi connectivity index (χ3v) is 12.7. The van der Waals surface area contributed by atoms with E-state index in [1.165, 1.54) is 4.68 Å². The molecule has 9 heteroatoms. The normalized spacial score (nSPS) is 12.5. The van der Waals surface area contributed by atoms with Gasteiger partial charge in [0, 0.05) is 6.61 Å². The molecule has 0 atom stereocenters. The Bertz CT molecular complexity index is 1300. The van der Waals surface area contributed by atoms with Crippen LogP contribution in [0.1, 0.15) is 27.2 Å². The van der Waals surface area contributed by atoms with Crippen molar-refractivity contribution >= 4 is 28.5 Å². The van der Waals surface area contributed by atoms with E-state index < -0.39 is 18.2 Å².